The first kappa shape index (κ1) is 34.1. The molecule has 1 amide bonds. The number of hydrogen-bond acceptors (Lipinski definition) is 5. The summed E-state index contributed by atoms with van der Waals surface area (Å²) >= 11 is 0. The van der Waals surface area contributed by atoms with Gasteiger partial charge in [-0.2, -0.15) is 5.26 Å². The molecule has 3 rings (SSSR count). The molecule has 0 spiro atoms. The molecule has 2 unspecified atom stereocenters. The molecule has 0 saturated carbocycles. The van der Waals surface area contributed by atoms with Crippen molar-refractivity contribution in [1.82, 2.24) is 9.88 Å². The average Bonchev–Trinajstić information content (AvgIpc) is 3.05. The number of rotatable bonds is 17. The van der Waals surface area contributed by atoms with Gasteiger partial charge < -0.3 is 15.3 Å². The lowest BCUT2D eigenvalue weighted by atomic mass is 9.95. The van der Waals surface area contributed by atoms with Crippen molar-refractivity contribution in [2.75, 3.05) is 18.4 Å². The Hall–Kier alpha value is -4.38. The third-order valence-corrected chi connectivity index (χ3v) is 8.21. The highest BCUT2D eigenvalue weighted by Crippen LogP contribution is 2.34. The Labute approximate surface area is 261 Å². The molecular formula is C36H47N5O3. The van der Waals surface area contributed by atoms with Gasteiger partial charge in [0.15, 0.2) is 0 Å². The van der Waals surface area contributed by atoms with Crippen LogP contribution in [0.1, 0.15) is 95.0 Å². The number of H-pyrrole nitrogens is 1. The predicted molar refractivity (Wildman–Crippen MR) is 180 cm³/mol. The second-order valence-electron chi connectivity index (χ2n) is 11.4. The molecule has 0 bridgehead atoms. The fourth-order valence-corrected chi connectivity index (χ4v) is 5.49. The second kappa shape index (κ2) is 17.7. The van der Waals surface area contributed by atoms with E-state index in [4.69, 9.17) is 0 Å². The number of unbranched alkanes of at least 4 members (excludes halogenated alkanes) is 2. The monoisotopic (exact) mass is 597 g/mol. The van der Waals surface area contributed by atoms with Gasteiger partial charge in [0, 0.05) is 29.9 Å². The van der Waals surface area contributed by atoms with Crippen molar-refractivity contribution < 1.29 is 9.90 Å². The van der Waals surface area contributed by atoms with Crippen LogP contribution in [0.4, 0.5) is 11.4 Å². The van der Waals surface area contributed by atoms with Crippen LogP contribution in [0.25, 0.3) is 11.1 Å². The van der Waals surface area contributed by atoms with Gasteiger partial charge in [0.2, 0.25) is 5.88 Å². The summed E-state index contributed by atoms with van der Waals surface area (Å²) in [6.07, 6.45) is 10.3. The van der Waals surface area contributed by atoms with Crippen molar-refractivity contribution in [3.8, 4) is 23.1 Å². The number of benzene rings is 2. The Balaban J connectivity index is 1.88. The summed E-state index contributed by atoms with van der Waals surface area (Å²) < 4.78 is 0. The van der Waals surface area contributed by atoms with Crippen LogP contribution in [-0.2, 0) is 0 Å². The first-order valence-corrected chi connectivity index (χ1v) is 16.0. The molecule has 0 aliphatic heterocycles. The van der Waals surface area contributed by atoms with E-state index >= 15 is 0 Å². The molecule has 0 radical (unpaired) electrons. The van der Waals surface area contributed by atoms with Crippen LogP contribution in [0.2, 0.25) is 0 Å². The van der Waals surface area contributed by atoms with E-state index in [0.717, 1.165) is 64.5 Å². The first-order valence-electron chi connectivity index (χ1n) is 16.0. The van der Waals surface area contributed by atoms with E-state index in [1.165, 1.54) is 6.34 Å². The molecule has 3 N–H and O–H groups in total. The minimum Gasteiger partial charge on any atom is -0.494 e. The average molecular weight is 598 g/mol. The van der Waals surface area contributed by atoms with Gasteiger partial charge in [-0.1, -0.05) is 103 Å². The summed E-state index contributed by atoms with van der Waals surface area (Å²) in [5, 5.41) is 23.0. The first-order chi connectivity index (χ1) is 21.4. The summed E-state index contributed by atoms with van der Waals surface area (Å²) in [4.78, 5) is 35.5. The number of amides is 1. The minimum absolute atomic E-state index is 0.00757. The van der Waals surface area contributed by atoms with E-state index in [-0.39, 0.29) is 22.7 Å². The molecule has 8 heteroatoms. The Morgan fingerprint density at radius 1 is 1.00 bits per heavy atom. The number of pyridine rings is 1. The molecule has 0 saturated heterocycles. The fourth-order valence-electron chi connectivity index (χ4n) is 5.49. The van der Waals surface area contributed by atoms with Gasteiger partial charge in [-0.3, -0.25) is 14.6 Å². The standard InChI is InChI=1S/C36H47N5O3/c1-5-9-15-26(7-3)23-41(24-27(8-4)16-10-6-2)36(44)29-19-14-20-30(21-29)38-25-39-33-32(28-17-12-11-13-18-28)31(22-37)34(42)40-35(33)43/h11-14,17-21,25-27H,5-10,15-16,23-24H2,1-4H3,(H,38,39)(H2,40,42,43). The summed E-state index contributed by atoms with van der Waals surface area (Å²) in [6, 6.07) is 18.2. The minimum atomic E-state index is -0.625. The van der Waals surface area contributed by atoms with E-state index in [2.05, 4.69) is 47.9 Å². The summed E-state index contributed by atoms with van der Waals surface area (Å²) in [5.41, 5.74) is 1.37. The zero-order chi connectivity index (χ0) is 31.9. The molecule has 0 fully saturated rings. The number of carbonyl (C=O) groups excluding carboxylic acids is 1. The van der Waals surface area contributed by atoms with Crippen molar-refractivity contribution >= 4 is 23.6 Å². The quantitative estimate of drug-likeness (QED) is 0.107. The zero-order valence-corrected chi connectivity index (χ0v) is 26.6. The number of nitrogens with zero attached hydrogens (tertiary/aromatic N) is 3. The van der Waals surface area contributed by atoms with Gasteiger partial charge in [0.25, 0.3) is 11.5 Å². The number of carbonyl (C=O) groups is 1. The molecular weight excluding hydrogens is 550 g/mol. The highest BCUT2D eigenvalue weighted by atomic mass is 16.3. The number of hydrogen-bond donors (Lipinski definition) is 3. The van der Waals surface area contributed by atoms with Crippen molar-refractivity contribution in [1.29, 1.82) is 5.26 Å². The highest BCUT2D eigenvalue weighted by Gasteiger charge is 2.23. The molecule has 1 heterocycles. The van der Waals surface area contributed by atoms with Gasteiger partial charge in [0.05, 0.1) is 6.34 Å². The Bertz CT molecular complexity index is 1460. The number of aliphatic imine (C=N–C) groups is 1. The van der Waals surface area contributed by atoms with Gasteiger partial charge >= 0.3 is 0 Å². The fraction of sp³-hybridized carbons (Fsp3) is 0.444. The van der Waals surface area contributed by atoms with Crippen molar-refractivity contribution in [3.05, 3.63) is 76.1 Å². The molecule has 8 nitrogen and oxygen atoms in total. The van der Waals surface area contributed by atoms with E-state index < -0.39 is 11.4 Å². The van der Waals surface area contributed by atoms with Gasteiger partial charge in [-0.15, -0.1) is 0 Å². The van der Waals surface area contributed by atoms with Gasteiger partial charge in [-0.25, -0.2) is 4.99 Å². The van der Waals surface area contributed by atoms with Crippen molar-refractivity contribution in [2.24, 2.45) is 16.8 Å². The van der Waals surface area contributed by atoms with Crippen molar-refractivity contribution in [2.45, 2.75) is 79.1 Å². The molecule has 44 heavy (non-hydrogen) atoms. The third kappa shape index (κ3) is 9.31. The number of nitrogens with one attached hydrogen (secondary N) is 2. The second-order valence-corrected chi connectivity index (χ2v) is 11.4. The molecule has 2 atom stereocenters. The Morgan fingerprint density at radius 2 is 1.64 bits per heavy atom. The van der Waals surface area contributed by atoms with Crippen LogP contribution in [0.5, 0.6) is 5.88 Å². The van der Waals surface area contributed by atoms with E-state index in [9.17, 15) is 20.0 Å². The number of anilines is 1. The number of nitriles is 1. The topological polar surface area (TPSA) is 122 Å². The summed E-state index contributed by atoms with van der Waals surface area (Å²) in [7, 11) is 0. The third-order valence-electron chi connectivity index (χ3n) is 8.21. The zero-order valence-electron chi connectivity index (χ0n) is 26.6. The molecule has 0 aliphatic rings. The van der Waals surface area contributed by atoms with Gasteiger partial charge in [-0.05, 0) is 48.4 Å². The van der Waals surface area contributed by atoms with Gasteiger partial charge in [0.1, 0.15) is 17.3 Å². The maximum atomic E-state index is 14.0. The van der Waals surface area contributed by atoms with E-state index in [0.29, 0.717) is 28.7 Å². The van der Waals surface area contributed by atoms with Crippen LogP contribution >= 0.6 is 0 Å². The summed E-state index contributed by atoms with van der Waals surface area (Å²) in [5.74, 6) is 0.461. The molecule has 234 valence electrons. The maximum absolute atomic E-state index is 14.0. The normalized spacial score (nSPS) is 12.5. The molecule has 1 aromatic heterocycles. The largest absolute Gasteiger partial charge is 0.494 e. The summed E-state index contributed by atoms with van der Waals surface area (Å²) in [6.45, 7) is 10.3. The lowest BCUT2D eigenvalue weighted by molar-refractivity contribution is 0.0685. The highest BCUT2D eigenvalue weighted by molar-refractivity contribution is 5.96. The van der Waals surface area contributed by atoms with Crippen LogP contribution in [0.3, 0.4) is 0 Å². The molecule has 2 aromatic carbocycles. The van der Waals surface area contributed by atoms with Crippen LogP contribution in [-0.4, -0.2) is 40.3 Å². The lowest BCUT2D eigenvalue weighted by Crippen LogP contribution is -2.39. The van der Waals surface area contributed by atoms with Crippen LogP contribution in [0.15, 0.2) is 64.4 Å². The number of aromatic amines is 1. The van der Waals surface area contributed by atoms with Crippen LogP contribution in [0, 0.1) is 23.2 Å². The molecule has 3 aromatic rings. The number of aromatic nitrogens is 1. The predicted octanol–water partition coefficient (Wildman–Crippen LogP) is 8.27. The van der Waals surface area contributed by atoms with Crippen molar-refractivity contribution in [3.63, 3.8) is 0 Å². The van der Waals surface area contributed by atoms with Crippen LogP contribution < -0.4 is 10.9 Å². The Kier molecular flexibility index (Phi) is 13.7. The number of aromatic hydroxyl groups is 1. The smallest absolute Gasteiger partial charge is 0.277 e. The Morgan fingerprint density at radius 3 is 2.20 bits per heavy atom. The van der Waals surface area contributed by atoms with E-state index in [1.54, 1.807) is 30.3 Å². The maximum Gasteiger partial charge on any atom is 0.277 e. The van der Waals surface area contributed by atoms with E-state index in [1.807, 2.05) is 30.3 Å². The lowest BCUT2D eigenvalue weighted by Gasteiger charge is -2.31. The SMILES string of the molecule is CCCCC(CC)CN(CC(CC)CCCC)C(=O)c1cccc(NC=Nc2c(-c3ccccc3)c(C#N)c(O)[nH]c2=O)c1. The molecule has 0 aliphatic carbocycles.